The molecule has 3 aliphatic heterocycles. The second kappa shape index (κ2) is 10.2. The zero-order valence-corrected chi connectivity index (χ0v) is 19.6. The molecule has 4 heterocycles. The molecule has 5 rings (SSSR count). The van der Waals surface area contributed by atoms with Crippen molar-refractivity contribution in [1.29, 1.82) is 0 Å². The number of aromatic nitrogens is 1. The number of hydrogen-bond acceptors (Lipinski definition) is 7. The van der Waals surface area contributed by atoms with Gasteiger partial charge in [-0.25, -0.2) is 13.8 Å². The molecular formula is C25H30F2N6O2. The molecule has 3 N–H and O–H groups in total. The van der Waals surface area contributed by atoms with Gasteiger partial charge in [-0.1, -0.05) is 6.58 Å². The third-order valence-electron chi connectivity index (χ3n) is 6.78. The molecule has 1 aromatic carbocycles. The fourth-order valence-electron chi connectivity index (χ4n) is 4.90. The molecule has 186 valence electrons. The largest absolute Gasteiger partial charge is 0.378 e. The lowest BCUT2D eigenvalue weighted by Crippen LogP contribution is -2.44. The van der Waals surface area contributed by atoms with Gasteiger partial charge in [-0.2, -0.15) is 0 Å². The molecule has 35 heavy (non-hydrogen) atoms. The van der Waals surface area contributed by atoms with Gasteiger partial charge in [-0.15, -0.1) is 0 Å². The Hall–Kier alpha value is -3.24. The number of hydrogen-bond donors (Lipinski definition) is 3. The predicted molar refractivity (Wildman–Crippen MR) is 131 cm³/mol. The van der Waals surface area contributed by atoms with E-state index in [1.165, 1.54) is 12.1 Å². The highest BCUT2D eigenvalue weighted by atomic mass is 19.1. The second-order valence-corrected chi connectivity index (χ2v) is 9.04. The number of benzene rings is 1. The summed E-state index contributed by atoms with van der Waals surface area (Å²) in [6.45, 7) is 8.15. The summed E-state index contributed by atoms with van der Waals surface area (Å²) in [6.07, 6.45) is 2.89. The van der Waals surface area contributed by atoms with Crippen LogP contribution >= 0.6 is 0 Å². The maximum atomic E-state index is 15.3. The van der Waals surface area contributed by atoms with Crippen LogP contribution in [0, 0.1) is 11.6 Å². The van der Waals surface area contributed by atoms with Crippen molar-refractivity contribution in [3.63, 3.8) is 0 Å². The zero-order chi connectivity index (χ0) is 24.4. The lowest BCUT2D eigenvalue weighted by Gasteiger charge is -2.33. The molecule has 2 aromatic rings. The molecule has 1 aromatic heterocycles. The fraction of sp³-hybridized carbons (Fsp3) is 0.440. The average Bonchev–Trinajstić information content (AvgIpc) is 3.39. The number of nitrogens with zero attached hydrogens (tertiary/aromatic N) is 3. The minimum Gasteiger partial charge on any atom is -0.378 e. The van der Waals surface area contributed by atoms with Gasteiger partial charge in [0.2, 0.25) is 5.91 Å². The predicted octanol–water partition coefficient (Wildman–Crippen LogP) is 3.13. The molecule has 0 unspecified atom stereocenters. The summed E-state index contributed by atoms with van der Waals surface area (Å²) in [6, 6.07) is 4.92. The lowest BCUT2D eigenvalue weighted by molar-refractivity contribution is -0.127. The van der Waals surface area contributed by atoms with Crippen LogP contribution in [0.3, 0.4) is 0 Å². The van der Waals surface area contributed by atoms with E-state index in [1.54, 1.807) is 11.0 Å². The first-order chi connectivity index (χ1) is 17.0. The van der Waals surface area contributed by atoms with Crippen LogP contribution in [0.5, 0.6) is 0 Å². The Morgan fingerprint density at radius 3 is 2.74 bits per heavy atom. The Labute approximate surface area is 203 Å². The molecule has 10 heteroatoms. The minimum absolute atomic E-state index is 0.109. The standard InChI is InChI=1S/C25H30F2N6O2/c1-2-22(34)33-7-3-4-16(15-33)29-25-23(27)18-13-28-14-19(18)24(31-25)30-21-6-5-17(12-20(21)26)32-8-10-35-11-9-32/h2,5-6,12,16,28H,1,3-4,7-11,13-15H2,(H2,29,30,31)/t16-/m1/s1. The number of rotatable bonds is 6. The van der Waals surface area contributed by atoms with Crippen molar-refractivity contribution >= 4 is 28.9 Å². The number of carbonyl (C=O) groups is 1. The summed E-state index contributed by atoms with van der Waals surface area (Å²) in [5.41, 5.74) is 2.29. The van der Waals surface area contributed by atoms with Crippen LogP contribution in [0.15, 0.2) is 30.9 Å². The number of ether oxygens (including phenoxy) is 1. The van der Waals surface area contributed by atoms with E-state index in [9.17, 15) is 4.79 Å². The van der Waals surface area contributed by atoms with Crippen LogP contribution in [0.2, 0.25) is 0 Å². The molecule has 0 radical (unpaired) electrons. The molecule has 1 atom stereocenters. The third kappa shape index (κ3) is 4.94. The van der Waals surface area contributed by atoms with E-state index in [4.69, 9.17) is 4.74 Å². The van der Waals surface area contributed by atoms with Gasteiger partial charge in [0.05, 0.1) is 18.9 Å². The minimum atomic E-state index is -0.411. The van der Waals surface area contributed by atoms with E-state index in [0.717, 1.165) is 31.6 Å². The number of carbonyl (C=O) groups excluding carboxylic acids is 1. The number of fused-ring (bicyclic) bond motifs is 1. The molecule has 0 aliphatic carbocycles. The van der Waals surface area contributed by atoms with E-state index in [-0.39, 0.29) is 23.5 Å². The highest BCUT2D eigenvalue weighted by Gasteiger charge is 2.28. The van der Waals surface area contributed by atoms with Crippen molar-refractivity contribution in [3.8, 4) is 0 Å². The van der Waals surface area contributed by atoms with Crippen LogP contribution < -0.4 is 20.9 Å². The molecule has 2 fully saturated rings. The van der Waals surface area contributed by atoms with Crippen LogP contribution in [0.4, 0.5) is 31.8 Å². The number of nitrogens with one attached hydrogen (secondary N) is 3. The van der Waals surface area contributed by atoms with E-state index in [2.05, 4.69) is 32.4 Å². The Morgan fingerprint density at radius 1 is 1.17 bits per heavy atom. The number of halogens is 2. The van der Waals surface area contributed by atoms with Gasteiger partial charge in [0.1, 0.15) is 11.6 Å². The van der Waals surface area contributed by atoms with Crippen molar-refractivity contribution < 1.29 is 18.3 Å². The number of anilines is 4. The molecular weight excluding hydrogens is 454 g/mol. The van der Waals surface area contributed by atoms with Crippen molar-refractivity contribution in [2.75, 3.05) is 54.9 Å². The maximum absolute atomic E-state index is 15.3. The number of likely N-dealkylation sites (tertiary alicyclic amines) is 1. The SMILES string of the molecule is C=CC(=O)N1CCC[C@@H](Nc2nc(Nc3ccc(N4CCOCC4)cc3F)c3c(c2F)CNC3)C1. The Morgan fingerprint density at radius 2 is 1.97 bits per heavy atom. The number of pyridine rings is 1. The molecule has 8 nitrogen and oxygen atoms in total. The van der Waals surface area contributed by atoms with Gasteiger partial charge in [0.15, 0.2) is 11.6 Å². The van der Waals surface area contributed by atoms with Crippen LogP contribution in [-0.2, 0) is 22.6 Å². The average molecular weight is 485 g/mol. The molecule has 3 aliphatic rings. The van der Waals surface area contributed by atoms with Crippen molar-refractivity contribution in [2.24, 2.45) is 0 Å². The highest BCUT2D eigenvalue weighted by Crippen LogP contribution is 2.33. The summed E-state index contributed by atoms with van der Waals surface area (Å²) in [4.78, 5) is 20.3. The Balaban J connectivity index is 1.38. The molecule has 2 saturated heterocycles. The fourth-order valence-corrected chi connectivity index (χ4v) is 4.90. The summed E-state index contributed by atoms with van der Waals surface area (Å²) in [7, 11) is 0. The number of morpholine rings is 1. The van der Waals surface area contributed by atoms with Crippen LogP contribution in [0.25, 0.3) is 0 Å². The van der Waals surface area contributed by atoms with Crippen LogP contribution in [0.1, 0.15) is 24.0 Å². The van der Waals surface area contributed by atoms with Gasteiger partial charge >= 0.3 is 0 Å². The smallest absolute Gasteiger partial charge is 0.246 e. The zero-order valence-electron chi connectivity index (χ0n) is 19.6. The van der Waals surface area contributed by atoms with Crippen molar-refractivity contribution in [1.82, 2.24) is 15.2 Å². The Kier molecular flexibility index (Phi) is 6.83. The summed E-state index contributed by atoms with van der Waals surface area (Å²) in [5.74, 6) is -0.424. The normalized spacial score (nSPS) is 19.9. The summed E-state index contributed by atoms with van der Waals surface area (Å²) >= 11 is 0. The first kappa shape index (κ1) is 23.5. The van der Waals surface area contributed by atoms with Crippen molar-refractivity contribution in [2.45, 2.75) is 32.0 Å². The third-order valence-corrected chi connectivity index (χ3v) is 6.78. The molecule has 0 spiro atoms. The molecule has 1 amide bonds. The number of piperidine rings is 1. The van der Waals surface area contributed by atoms with E-state index >= 15 is 8.78 Å². The van der Waals surface area contributed by atoms with Gasteiger partial charge < -0.3 is 30.5 Å². The van der Waals surface area contributed by atoms with Crippen LogP contribution in [-0.4, -0.2) is 61.2 Å². The molecule has 0 saturated carbocycles. The monoisotopic (exact) mass is 484 g/mol. The highest BCUT2D eigenvalue weighted by molar-refractivity contribution is 5.87. The first-order valence-corrected chi connectivity index (χ1v) is 12.0. The summed E-state index contributed by atoms with van der Waals surface area (Å²) in [5, 5.41) is 9.43. The van der Waals surface area contributed by atoms with Gasteiger partial charge in [-0.3, -0.25) is 4.79 Å². The first-order valence-electron chi connectivity index (χ1n) is 12.0. The van der Waals surface area contributed by atoms with Gasteiger partial charge in [0.25, 0.3) is 0 Å². The van der Waals surface area contributed by atoms with E-state index in [0.29, 0.717) is 56.3 Å². The van der Waals surface area contributed by atoms with E-state index < -0.39 is 11.6 Å². The quantitative estimate of drug-likeness (QED) is 0.544. The summed E-state index contributed by atoms with van der Waals surface area (Å²) < 4.78 is 35.7. The van der Waals surface area contributed by atoms with E-state index in [1.807, 2.05) is 6.07 Å². The van der Waals surface area contributed by atoms with Gasteiger partial charge in [-0.05, 0) is 37.1 Å². The molecule has 0 bridgehead atoms. The Bertz CT molecular complexity index is 1120. The topological polar surface area (TPSA) is 81.8 Å². The van der Waals surface area contributed by atoms with Crippen molar-refractivity contribution in [3.05, 3.63) is 53.6 Å². The maximum Gasteiger partial charge on any atom is 0.246 e. The number of amides is 1. The second-order valence-electron chi connectivity index (χ2n) is 9.04. The lowest BCUT2D eigenvalue weighted by atomic mass is 10.0. The van der Waals surface area contributed by atoms with Gasteiger partial charge in [0, 0.05) is 62.1 Å².